The molecule has 0 heterocycles. The number of ether oxygens (including phenoxy) is 3. The van der Waals surface area contributed by atoms with Crippen LogP contribution in [-0.2, 0) is 4.74 Å². The number of carbonyl (C=O) groups is 2. The third-order valence-corrected chi connectivity index (χ3v) is 4.56. The maximum Gasteiger partial charge on any atom is 0.337 e. The molecule has 0 radical (unpaired) electrons. The van der Waals surface area contributed by atoms with E-state index in [0.29, 0.717) is 28.3 Å². The van der Waals surface area contributed by atoms with E-state index in [2.05, 4.69) is 5.32 Å². The lowest BCUT2D eigenvalue weighted by Crippen LogP contribution is -2.14. The third kappa shape index (κ3) is 4.58. The zero-order valence-electron chi connectivity index (χ0n) is 15.5. The number of hydrogen-bond acceptors (Lipinski definition) is 5. The van der Waals surface area contributed by atoms with Gasteiger partial charge in [-0.05, 0) is 56.0 Å². The molecule has 2 aromatic rings. The van der Waals surface area contributed by atoms with Crippen molar-refractivity contribution in [2.75, 3.05) is 19.5 Å². The van der Waals surface area contributed by atoms with Gasteiger partial charge < -0.3 is 19.5 Å². The van der Waals surface area contributed by atoms with Crippen molar-refractivity contribution in [2.45, 2.75) is 31.8 Å². The fourth-order valence-corrected chi connectivity index (χ4v) is 3.14. The lowest BCUT2D eigenvalue weighted by Gasteiger charge is -2.17. The molecule has 0 spiro atoms. The van der Waals surface area contributed by atoms with Crippen LogP contribution in [0.4, 0.5) is 5.69 Å². The molecule has 1 aliphatic carbocycles. The van der Waals surface area contributed by atoms with Crippen molar-refractivity contribution in [3.63, 3.8) is 0 Å². The number of methoxy groups -OCH3 is 2. The monoisotopic (exact) mass is 369 g/mol. The molecule has 1 fully saturated rings. The van der Waals surface area contributed by atoms with Gasteiger partial charge in [0.05, 0.1) is 25.9 Å². The lowest BCUT2D eigenvalue weighted by molar-refractivity contribution is 0.0600. The minimum atomic E-state index is -0.485. The topological polar surface area (TPSA) is 73.9 Å². The molecule has 2 aromatic carbocycles. The molecule has 6 heteroatoms. The van der Waals surface area contributed by atoms with E-state index in [1.165, 1.54) is 26.0 Å². The fraction of sp³-hybridized carbons (Fsp3) is 0.333. The summed E-state index contributed by atoms with van der Waals surface area (Å²) >= 11 is 0. The highest BCUT2D eigenvalue weighted by molar-refractivity contribution is 6.05. The number of rotatable bonds is 6. The van der Waals surface area contributed by atoms with Crippen LogP contribution in [0.3, 0.4) is 0 Å². The third-order valence-electron chi connectivity index (χ3n) is 4.56. The normalized spacial score (nSPS) is 13.9. The SMILES string of the molecule is COC(=O)c1cccc(C(=O)Nc2ccc(OC)c(OC3CCCC3)c2)c1. The molecule has 1 saturated carbocycles. The Labute approximate surface area is 158 Å². The van der Waals surface area contributed by atoms with Crippen LogP contribution in [0.5, 0.6) is 11.5 Å². The minimum Gasteiger partial charge on any atom is -0.493 e. The molecule has 6 nitrogen and oxygen atoms in total. The molecule has 0 aromatic heterocycles. The predicted octanol–water partition coefficient (Wildman–Crippen LogP) is 4.06. The van der Waals surface area contributed by atoms with Gasteiger partial charge in [-0.1, -0.05) is 6.07 Å². The van der Waals surface area contributed by atoms with Crippen LogP contribution in [0.1, 0.15) is 46.4 Å². The number of amides is 1. The summed E-state index contributed by atoms with van der Waals surface area (Å²) in [7, 11) is 2.89. The standard InChI is InChI=1S/C21H23NO5/c1-25-18-11-10-16(13-19(18)27-17-8-3-4-9-17)22-20(23)14-6-5-7-15(12-14)21(24)26-2/h5-7,10-13,17H,3-4,8-9H2,1-2H3,(H,22,23). The number of carbonyl (C=O) groups excluding carboxylic acids is 2. The van der Waals surface area contributed by atoms with Gasteiger partial charge in [-0.3, -0.25) is 4.79 Å². The predicted molar refractivity (Wildman–Crippen MR) is 102 cm³/mol. The van der Waals surface area contributed by atoms with Crippen molar-refractivity contribution in [3.8, 4) is 11.5 Å². The van der Waals surface area contributed by atoms with Crippen molar-refractivity contribution in [1.29, 1.82) is 0 Å². The van der Waals surface area contributed by atoms with Gasteiger partial charge in [-0.15, -0.1) is 0 Å². The van der Waals surface area contributed by atoms with Crippen LogP contribution in [-0.4, -0.2) is 32.2 Å². The Balaban J connectivity index is 1.76. The Morgan fingerprint density at radius 1 is 0.963 bits per heavy atom. The van der Waals surface area contributed by atoms with E-state index in [1.807, 2.05) is 0 Å². The zero-order chi connectivity index (χ0) is 19.2. The number of anilines is 1. The average Bonchev–Trinajstić information content (AvgIpc) is 3.20. The van der Waals surface area contributed by atoms with Gasteiger partial charge in [0.25, 0.3) is 5.91 Å². The smallest absolute Gasteiger partial charge is 0.337 e. The van der Waals surface area contributed by atoms with Crippen molar-refractivity contribution in [1.82, 2.24) is 0 Å². The van der Waals surface area contributed by atoms with Gasteiger partial charge in [0.2, 0.25) is 0 Å². The summed E-state index contributed by atoms with van der Waals surface area (Å²) < 4.78 is 16.1. The van der Waals surface area contributed by atoms with Crippen molar-refractivity contribution >= 4 is 17.6 Å². The number of esters is 1. The maximum atomic E-state index is 12.6. The molecule has 1 aliphatic rings. The first-order valence-electron chi connectivity index (χ1n) is 8.95. The Morgan fingerprint density at radius 3 is 2.41 bits per heavy atom. The van der Waals surface area contributed by atoms with Crippen LogP contribution in [0, 0.1) is 0 Å². The van der Waals surface area contributed by atoms with E-state index >= 15 is 0 Å². The largest absolute Gasteiger partial charge is 0.493 e. The molecule has 0 aliphatic heterocycles. The van der Waals surface area contributed by atoms with Gasteiger partial charge in [0.15, 0.2) is 11.5 Å². The molecule has 142 valence electrons. The molecule has 3 rings (SSSR count). The Morgan fingerprint density at radius 2 is 1.70 bits per heavy atom. The van der Waals surface area contributed by atoms with Gasteiger partial charge in [-0.25, -0.2) is 4.79 Å². The summed E-state index contributed by atoms with van der Waals surface area (Å²) in [6.45, 7) is 0. The quantitative estimate of drug-likeness (QED) is 0.778. The molecule has 1 amide bonds. The molecular formula is C21H23NO5. The Hall–Kier alpha value is -3.02. The number of benzene rings is 2. The molecule has 0 saturated heterocycles. The van der Waals surface area contributed by atoms with E-state index in [-0.39, 0.29) is 12.0 Å². The zero-order valence-corrected chi connectivity index (χ0v) is 15.5. The molecular weight excluding hydrogens is 346 g/mol. The Bertz CT molecular complexity index is 827. The highest BCUT2D eigenvalue weighted by atomic mass is 16.5. The molecule has 0 unspecified atom stereocenters. The van der Waals surface area contributed by atoms with Crippen LogP contribution in [0.25, 0.3) is 0 Å². The average molecular weight is 369 g/mol. The summed E-state index contributed by atoms with van der Waals surface area (Å²) in [6.07, 6.45) is 4.57. The second kappa shape index (κ2) is 8.58. The highest BCUT2D eigenvalue weighted by Gasteiger charge is 2.19. The van der Waals surface area contributed by atoms with Crippen molar-refractivity contribution in [3.05, 3.63) is 53.6 Å². The fourth-order valence-electron chi connectivity index (χ4n) is 3.14. The van der Waals surface area contributed by atoms with Crippen LogP contribution >= 0.6 is 0 Å². The Kier molecular flexibility index (Phi) is 5.96. The van der Waals surface area contributed by atoms with E-state index in [1.54, 1.807) is 43.5 Å². The van der Waals surface area contributed by atoms with Gasteiger partial charge >= 0.3 is 5.97 Å². The number of hydrogen-bond donors (Lipinski definition) is 1. The first kappa shape index (κ1) is 18.8. The molecule has 0 bridgehead atoms. The summed E-state index contributed by atoms with van der Waals surface area (Å²) in [4.78, 5) is 24.2. The second-order valence-electron chi connectivity index (χ2n) is 6.42. The van der Waals surface area contributed by atoms with Crippen molar-refractivity contribution < 1.29 is 23.8 Å². The first-order valence-corrected chi connectivity index (χ1v) is 8.95. The van der Waals surface area contributed by atoms with E-state index < -0.39 is 5.97 Å². The van der Waals surface area contributed by atoms with Crippen molar-refractivity contribution in [2.24, 2.45) is 0 Å². The van der Waals surface area contributed by atoms with Gasteiger partial charge in [-0.2, -0.15) is 0 Å². The van der Waals surface area contributed by atoms with E-state index in [4.69, 9.17) is 14.2 Å². The first-order chi connectivity index (χ1) is 13.1. The highest BCUT2D eigenvalue weighted by Crippen LogP contribution is 2.34. The van der Waals surface area contributed by atoms with Gasteiger partial charge in [0, 0.05) is 17.3 Å². The molecule has 27 heavy (non-hydrogen) atoms. The lowest BCUT2D eigenvalue weighted by atomic mass is 10.1. The second-order valence-corrected chi connectivity index (χ2v) is 6.42. The summed E-state index contributed by atoms with van der Waals surface area (Å²) in [5.74, 6) is 0.442. The molecule has 1 N–H and O–H groups in total. The van der Waals surface area contributed by atoms with E-state index in [0.717, 1.165) is 12.8 Å². The summed E-state index contributed by atoms with van der Waals surface area (Å²) in [5, 5.41) is 2.83. The van der Waals surface area contributed by atoms with Gasteiger partial charge in [0.1, 0.15) is 0 Å². The van der Waals surface area contributed by atoms with Crippen LogP contribution in [0.2, 0.25) is 0 Å². The van der Waals surface area contributed by atoms with E-state index in [9.17, 15) is 9.59 Å². The number of nitrogens with one attached hydrogen (secondary N) is 1. The molecule has 0 atom stereocenters. The minimum absolute atomic E-state index is 0.182. The van der Waals surface area contributed by atoms with Crippen LogP contribution in [0.15, 0.2) is 42.5 Å². The summed E-state index contributed by atoms with van der Waals surface area (Å²) in [5.41, 5.74) is 1.29. The van der Waals surface area contributed by atoms with Crippen LogP contribution < -0.4 is 14.8 Å². The maximum absolute atomic E-state index is 12.6. The summed E-state index contributed by atoms with van der Waals surface area (Å²) in [6, 6.07) is 11.7.